The number of hydrogen-bond donors (Lipinski definition) is 2. The largest absolute Gasteiger partial charge is 0.371 e. The Labute approximate surface area is 91.9 Å². The van der Waals surface area contributed by atoms with Gasteiger partial charge in [-0.3, -0.25) is 14.8 Å². The van der Waals surface area contributed by atoms with Crippen molar-refractivity contribution >= 4 is 11.8 Å². The zero-order valence-corrected chi connectivity index (χ0v) is 8.46. The molecular weight excluding hydrogens is 210 g/mol. The third kappa shape index (κ3) is 1.50. The molecule has 0 spiro atoms. The number of benzene rings is 1. The Morgan fingerprint density at radius 3 is 2.25 bits per heavy atom. The summed E-state index contributed by atoms with van der Waals surface area (Å²) >= 11 is 0. The molecule has 1 saturated heterocycles. The van der Waals surface area contributed by atoms with Gasteiger partial charge in [-0.15, -0.1) is 0 Å². The summed E-state index contributed by atoms with van der Waals surface area (Å²) in [5.74, 6) is -1.90. The van der Waals surface area contributed by atoms with Crippen LogP contribution >= 0.6 is 0 Å². The molecule has 0 atom stereocenters. The Kier molecular flexibility index (Phi) is 2.49. The zero-order chi connectivity index (χ0) is 11.8. The molecule has 2 rings (SSSR count). The van der Waals surface area contributed by atoms with Crippen molar-refractivity contribution in [1.82, 2.24) is 5.06 Å². The molecule has 0 unspecified atom stereocenters. The summed E-state index contributed by atoms with van der Waals surface area (Å²) < 4.78 is 0. The van der Waals surface area contributed by atoms with Crippen molar-refractivity contribution in [2.45, 2.75) is 18.4 Å². The van der Waals surface area contributed by atoms with Gasteiger partial charge in [0, 0.05) is 0 Å². The molecule has 16 heavy (non-hydrogen) atoms. The average molecular weight is 221 g/mol. The number of rotatable bonds is 3. The first-order valence-corrected chi connectivity index (χ1v) is 4.90. The van der Waals surface area contributed by atoms with E-state index in [4.69, 9.17) is 5.21 Å². The fraction of sp³-hybridized carbons (Fsp3) is 0.273. The van der Waals surface area contributed by atoms with Crippen molar-refractivity contribution in [2.24, 2.45) is 0 Å². The van der Waals surface area contributed by atoms with Gasteiger partial charge in [0.15, 0.2) is 0 Å². The van der Waals surface area contributed by atoms with Crippen molar-refractivity contribution in [1.29, 1.82) is 0 Å². The lowest BCUT2D eigenvalue weighted by Crippen LogP contribution is -2.70. The van der Waals surface area contributed by atoms with E-state index in [1.54, 1.807) is 0 Å². The van der Waals surface area contributed by atoms with Crippen LogP contribution in [0.15, 0.2) is 30.3 Å². The van der Waals surface area contributed by atoms with E-state index in [0.29, 0.717) is 6.42 Å². The number of carbonyl (C=O) groups is 2. The van der Waals surface area contributed by atoms with Gasteiger partial charge >= 0.3 is 0 Å². The lowest BCUT2D eigenvalue weighted by Gasteiger charge is -2.37. The number of β-lactam (4-membered cyclic amide) rings is 2. The number of aliphatic hydroxyl groups is 1. The molecule has 1 aromatic carbocycles. The van der Waals surface area contributed by atoms with Crippen molar-refractivity contribution in [3.8, 4) is 0 Å². The summed E-state index contributed by atoms with van der Waals surface area (Å²) in [5, 5.41) is 18.4. The number of amides is 2. The standard InChI is InChI=1S/C11H11NO4/c13-9-11(15,10(14)12(9)16)7-6-8-4-2-1-3-5-8/h1-5,15-16H,6-7H2. The Hall–Kier alpha value is -1.72. The number of aryl methyl sites for hydroxylation is 1. The van der Waals surface area contributed by atoms with Gasteiger partial charge in [-0.2, -0.15) is 5.06 Å². The van der Waals surface area contributed by atoms with Crippen LogP contribution in [0.2, 0.25) is 0 Å². The summed E-state index contributed by atoms with van der Waals surface area (Å²) in [4.78, 5) is 22.2. The van der Waals surface area contributed by atoms with Crippen LogP contribution in [0, 0.1) is 0 Å². The maximum absolute atomic E-state index is 11.1. The van der Waals surface area contributed by atoms with Crippen molar-refractivity contribution in [3.05, 3.63) is 35.9 Å². The third-order valence-corrected chi connectivity index (χ3v) is 2.71. The minimum Gasteiger partial charge on any atom is -0.371 e. The summed E-state index contributed by atoms with van der Waals surface area (Å²) in [7, 11) is 0. The fourth-order valence-electron chi connectivity index (χ4n) is 1.66. The molecule has 1 fully saturated rings. The van der Waals surface area contributed by atoms with E-state index < -0.39 is 17.4 Å². The molecule has 1 aromatic rings. The summed E-state index contributed by atoms with van der Waals surface area (Å²) in [6, 6.07) is 9.21. The van der Waals surface area contributed by atoms with E-state index in [2.05, 4.69) is 0 Å². The first-order valence-electron chi connectivity index (χ1n) is 4.90. The Bertz CT molecular complexity index is 413. The minimum absolute atomic E-state index is 0.00819. The molecule has 2 amide bonds. The number of hydrogen-bond acceptors (Lipinski definition) is 4. The molecule has 0 aromatic heterocycles. The number of nitrogens with zero attached hydrogens (tertiary/aromatic N) is 1. The van der Waals surface area contributed by atoms with Crippen LogP contribution < -0.4 is 0 Å². The molecule has 84 valence electrons. The van der Waals surface area contributed by atoms with E-state index in [-0.39, 0.29) is 11.5 Å². The lowest BCUT2D eigenvalue weighted by molar-refractivity contribution is -0.229. The predicted molar refractivity (Wildman–Crippen MR) is 53.4 cm³/mol. The van der Waals surface area contributed by atoms with E-state index in [9.17, 15) is 14.7 Å². The molecule has 0 saturated carbocycles. The van der Waals surface area contributed by atoms with Gasteiger partial charge < -0.3 is 5.11 Å². The first-order chi connectivity index (χ1) is 7.55. The molecule has 2 N–H and O–H groups in total. The summed E-state index contributed by atoms with van der Waals surface area (Å²) in [6.45, 7) is 0. The van der Waals surface area contributed by atoms with Crippen LogP contribution in [0.5, 0.6) is 0 Å². The normalized spacial score (nSPS) is 18.5. The van der Waals surface area contributed by atoms with Gasteiger partial charge in [-0.05, 0) is 18.4 Å². The van der Waals surface area contributed by atoms with Gasteiger partial charge in [0.2, 0.25) is 5.60 Å². The molecule has 0 aliphatic carbocycles. The molecule has 5 nitrogen and oxygen atoms in total. The van der Waals surface area contributed by atoms with Crippen molar-refractivity contribution < 1.29 is 19.9 Å². The fourth-order valence-corrected chi connectivity index (χ4v) is 1.66. The molecule has 1 aliphatic heterocycles. The minimum atomic E-state index is -2.04. The van der Waals surface area contributed by atoms with Gasteiger partial charge in [-0.25, -0.2) is 0 Å². The SMILES string of the molecule is O=C1N(O)C(=O)C1(O)CCc1ccccc1. The van der Waals surface area contributed by atoms with Crippen molar-refractivity contribution in [3.63, 3.8) is 0 Å². The van der Waals surface area contributed by atoms with Crippen LogP contribution in [0.4, 0.5) is 0 Å². The highest BCUT2D eigenvalue weighted by atomic mass is 16.5. The molecule has 1 aliphatic rings. The highest BCUT2D eigenvalue weighted by Gasteiger charge is 2.60. The Morgan fingerprint density at radius 1 is 1.12 bits per heavy atom. The molecule has 1 heterocycles. The van der Waals surface area contributed by atoms with E-state index in [0.717, 1.165) is 5.56 Å². The highest BCUT2D eigenvalue weighted by Crippen LogP contribution is 2.27. The van der Waals surface area contributed by atoms with E-state index >= 15 is 0 Å². The first kappa shape index (κ1) is 10.8. The van der Waals surface area contributed by atoms with Crippen LogP contribution in [-0.4, -0.2) is 32.8 Å². The van der Waals surface area contributed by atoms with Gasteiger partial charge in [0.05, 0.1) is 0 Å². The van der Waals surface area contributed by atoms with Crippen LogP contribution in [0.1, 0.15) is 12.0 Å². The number of hydroxylamine groups is 2. The molecular formula is C11H11NO4. The summed E-state index contributed by atoms with van der Waals surface area (Å²) in [6.07, 6.45) is 0.397. The van der Waals surface area contributed by atoms with Crippen molar-refractivity contribution in [2.75, 3.05) is 0 Å². The van der Waals surface area contributed by atoms with Crippen LogP contribution in [0.3, 0.4) is 0 Å². The third-order valence-electron chi connectivity index (χ3n) is 2.71. The monoisotopic (exact) mass is 221 g/mol. The Morgan fingerprint density at radius 2 is 1.69 bits per heavy atom. The van der Waals surface area contributed by atoms with Gasteiger partial charge in [0.1, 0.15) is 0 Å². The Balaban J connectivity index is 2.02. The van der Waals surface area contributed by atoms with E-state index in [1.807, 2.05) is 30.3 Å². The zero-order valence-electron chi connectivity index (χ0n) is 8.46. The smallest absolute Gasteiger partial charge is 0.295 e. The van der Waals surface area contributed by atoms with Crippen LogP contribution in [0.25, 0.3) is 0 Å². The number of imide groups is 1. The van der Waals surface area contributed by atoms with Gasteiger partial charge in [-0.1, -0.05) is 30.3 Å². The maximum atomic E-state index is 11.1. The second-order valence-electron chi connectivity index (χ2n) is 3.77. The average Bonchev–Trinajstić information content (AvgIpc) is 2.35. The van der Waals surface area contributed by atoms with Gasteiger partial charge in [0.25, 0.3) is 11.8 Å². The summed E-state index contributed by atoms with van der Waals surface area (Å²) in [5.41, 5.74) is -1.11. The molecule has 5 heteroatoms. The maximum Gasteiger partial charge on any atom is 0.295 e. The second kappa shape index (κ2) is 3.70. The second-order valence-corrected chi connectivity index (χ2v) is 3.77. The lowest BCUT2D eigenvalue weighted by atomic mass is 9.87. The predicted octanol–water partition coefficient (Wildman–Crippen LogP) is 0.108. The quantitative estimate of drug-likeness (QED) is 0.431. The molecule has 0 bridgehead atoms. The number of carbonyl (C=O) groups excluding carboxylic acids is 2. The molecule has 0 radical (unpaired) electrons. The highest BCUT2D eigenvalue weighted by molar-refractivity contribution is 6.23. The van der Waals surface area contributed by atoms with E-state index in [1.165, 1.54) is 0 Å². The van der Waals surface area contributed by atoms with Crippen LogP contribution in [-0.2, 0) is 16.0 Å². The topological polar surface area (TPSA) is 77.8 Å².